The first-order chi connectivity index (χ1) is 12.0. The molecule has 0 radical (unpaired) electrons. The third-order valence-corrected chi connectivity index (χ3v) is 4.47. The summed E-state index contributed by atoms with van der Waals surface area (Å²) < 4.78 is 18.4. The van der Waals surface area contributed by atoms with Gasteiger partial charge in [-0.2, -0.15) is 0 Å². The summed E-state index contributed by atoms with van der Waals surface area (Å²) in [5, 5.41) is 5.51. The van der Waals surface area contributed by atoms with Gasteiger partial charge in [0.15, 0.2) is 0 Å². The van der Waals surface area contributed by atoms with Crippen LogP contribution in [-0.2, 0) is 6.61 Å². The van der Waals surface area contributed by atoms with Crippen molar-refractivity contribution in [2.24, 2.45) is 0 Å². The van der Waals surface area contributed by atoms with E-state index < -0.39 is 0 Å². The van der Waals surface area contributed by atoms with E-state index in [2.05, 4.69) is 10.3 Å². The van der Waals surface area contributed by atoms with E-state index in [1.807, 2.05) is 13.0 Å². The molecule has 4 nitrogen and oxygen atoms in total. The van der Waals surface area contributed by atoms with Gasteiger partial charge in [-0.15, -0.1) is 11.3 Å². The quantitative estimate of drug-likeness (QED) is 0.675. The van der Waals surface area contributed by atoms with E-state index in [0.717, 1.165) is 5.56 Å². The van der Waals surface area contributed by atoms with Gasteiger partial charge in [0.2, 0.25) is 0 Å². The number of hydrogen-bond donors (Lipinski definition) is 1. The van der Waals surface area contributed by atoms with Crippen molar-refractivity contribution in [3.8, 4) is 5.75 Å². The van der Waals surface area contributed by atoms with Crippen molar-refractivity contribution >= 4 is 34.5 Å². The number of carbonyl (C=O) groups is 1. The summed E-state index contributed by atoms with van der Waals surface area (Å²) in [5.74, 6) is -0.126. The number of nitrogens with zero attached hydrogens (tertiary/aromatic N) is 1. The number of benzene rings is 2. The van der Waals surface area contributed by atoms with Gasteiger partial charge in [0.05, 0.1) is 10.7 Å². The molecule has 1 aromatic heterocycles. The van der Waals surface area contributed by atoms with Crippen LogP contribution in [0.5, 0.6) is 5.75 Å². The Balaban J connectivity index is 1.62. The number of anilines is 1. The Morgan fingerprint density at radius 3 is 2.76 bits per heavy atom. The molecule has 128 valence electrons. The van der Waals surface area contributed by atoms with Crippen LogP contribution >= 0.6 is 22.9 Å². The van der Waals surface area contributed by atoms with Crippen LogP contribution in [0.25, 0.3) is 0 Å². The molecule has 0 spiro atoms. The molecule has 0 fully saturated rings. The number of ether oxygens (including phenoxy) is 1. The molecule has 7 heteroatoms. The normalized spacial score (nSPS) is 10.5. The molecule has 0 saturated carbocycles. The first-order valence-corrected chi connectivity index (χ1v) is 8.67. The van der Waals surface area contributed by atoms with Gasteiger partial charge in [-0.25, -0.2) is 9.37 Å². The predicted molar refractivity (Wildman–Crippen MR) is 97.0 cm³/mol. The largest absolute Gasteiger partial charge is 0.486 e. The molecule has 0 saturated heterocycles. The van der Waals surface area contributed by atoms with Crippen molar-refractivity contribution in [1.82, 2.24) is 4.98 Å². The van der Waals surface area contributed by atoms with Crippen LogP contribution in [0.1, 0.15) is 21.1 Å². The Kier molecular flexibility index (Phi) is 5.31. The average molecular weight is 377 g/mol. The monoisotopic (exact) mass is 376 g/mol. The van der Waals surface area contributed by atoms with E-state index in [9.17, 15) is 9.18 Å². The number of hydrogen-bond acceptors (Lipinski definition) is 4. The lowest BCUT2D eigenvalue weighted by molar-refractivity contribution is 0.102. The van der Waals surface area contributed by atoms with Gasteiger partial charge in [0, 0.05) is 5.38 Å². The fourth-order valence-corrected chi connectivity index (χ4v) is 3.03. The average Bonchev–Trinajstić information content (AvgIpc) is 3.06. The van der Waals surface area contributed by atoms with E-state index in [-0.39, 0.29) is 18.3 Å². The van der Waals surface area contributed by atoms with Crippen molar-refractivity contribution in [2.75, 3.05) is 5.32 Å². The zero-order valence-corrected chi connectivity index (χ0v) is 14.8. The van der Waals surface area contributed by atoms with Gasteiger partial charge in [-0.05, 0) is 48.9 Å². The fraction of sp³-hybridized carbons (Fsp3) is 0.111. The number of rotatable bonds is 5. The predicted octanol–water partition coefficient (Wildman–Crippen LogP) is 5.08. The molecule has 0 aliphatic carbocycles. The smallest absolute Gasteiger partial charge is 0.275 e. The third-order valence-electron chi connectivity index (χ3n) is 3.33. The summed E-state index contributed by atoms with van der Waals surface area (Å²) in [6.07, 6.45) is 0. The Bertz CT molecular complexity index is 896. The van der Waals surface area contributed by atoms with E-state index in [1.54, 1.807) is 17.5 Å². The van der Waals surface area contributed by atoms with Crippen LogP contribution in [0.3, 0.4) is 0 Å². The molecule has 0 unspecified atom stereocenters. The molecular formula is C18H14ClFN2O2S. The van der Waals surface area contributed by atoms with Crippen LogP contribution in [0.4, 0.5) is 10.1 Å². The maximum atomic E-state index is 12.9. The standard InChI is InChI=1S/C18H14ClFN2O2S/c1-11-2-7-15(14(19)8-11)22-18(23)16-10-25-17(21-16)9-24-13-5-3-12(20)4-6-13/h2-8,10H,9H2,1H3,(H,22,23). The molecule has 25 heavy (non-hydrogen) atoms. The van der Waals surface area contributed by atoms with Crippen molar-refractivity contribution in [1.29, 1.82) is 0 Å². The van der Waals surface area contributed by atoms with Gasteiger partial charge in [-0.1, -0.05) is 17.7 Å². The minimum atomic E-state index is -0.338. The number of nitrogens with one attached hydrogen (secondary N) is 1. The van der Waals surface area contributed by atoms with Crippen molar-refractivity contribution in [2.45, 2.75) is 13.5 Å². The highest BCUT2D eigenvalue weighted by Gasteiger charge is 2.13. The Morgan fingerprint density at radius 1 is 1.28 bits per heavy atom. The van der Waals surface area contributed by atoms with Gasteiger partial charge >= 0.3 is 0 Å². The third kappa shape index (κ3) is 4.55. The number of amides is 1. The van der Waals surface area contributed by atoms with E-state index in [4.69, 9.17) is 16.3 Å². The molecule has 2 aromatic carbocycles. The number of carbonyl (C=O) groups excluding carboxylic acids is 1. The van der Waals surface area contributed by atoms with Crippen LogP contribution in [0.15, 0.2) is 47.8 Å². The van der Waals surface area contributed by atoms with Crippen molar-refractivity contribution in [3.05, 3.63) is 74.9 Å². The van der Waals surface area contributed by atoms with Gasteiger partial charge in [0.1, 0.15) is 28.9 Å². The van der Waals surface area contributed by atoms with Crippen LogP contribution in [-0.4, -0.2) is 10.9 Å². The highest BCUT2D eigenvalue weighted by Crippen LogP contribution is 2.23. The number of halogens is 2. The molecule has 1 heterocycles. The molecular weight excluding hydrogens is 363 g/mol. The zero-order chi connectivity index (χ0) is 17.8. The van der Waals surface area contributed by atoms with Crippen LogP contribution in [0, 0.1) is 12.7 Å². The highest BCUT2D eigenvalue weighted by atomic mass is 35.5. The molecule has 1 amide bonds. The number of aromatic nitrogens is 1. The maximum Gasteiger partial charge on any atom is 0.275 e. The summed E-state index contributed by atoms with van der Waals surface area (Å²) in [7, 11) is 0. The first-order valence-electron chi connectivity index (χ1n) is 7.41. The lowest BCUT2D eigenvalue weighted by Gasteiger charge is -2.06. The Labute approximate surface area is 153 Å². The first kappa shape index (κ1) is 17.4. The van der Waals surface area contributed by atoms with E-state index in [0.29, 0.717) is 27.2 Å². The summed E-state index contributed by atoms with van der Waals surface area (Å²) in [6, 6.07) is 11.1. The number of thiazole rings is 1. The second-order valence-corrected chi connectivity index (χ2v) is 6.66. The van der Waals surface area contributed by atoms with Crippen LogP contribution < -0.4 is 10.1 Å². The van der Waals surface area contributed by atoms with Crippen molar-refractivity contribution in [3.63, 3.8) is 0 Å². The number of aryl methyl sites for hydroxylation is 1. The molecule has 0 aliphatic heterocycles. The van der Waals surface area contributed by atoms with Gasteiger partial charge in [0.25, 0.3) is 5.91 Å². The molecule has 3 rings (SSSR count). The topological polar surface area (TPSA) is 51.2 Å². The minimum Gasteiger partial charge on any atom is -0.486 e. The van der Waals surface area contributed by atoms with Crippen molar-refractivity contribution < 1.29 is 13.9 Å². The van der Waals surface area contributed by atoms with E-state index >= 15 is 0 Å². The summed E-state index contributed by atoms with van der Waals surface area (Å²) >= 11 is 7.43. The zero-order valence-electron chi connectivity index (χ0n) is 13.3. The maximum absolute atomic E-state index is 12.9. The lowest BCUT2D eigenvalue weighted by Crippen LogP contribution is -2.13. The fourth-order valence-electron chi connectivity index (χ4n) is 2.07. The minimum absolute atomic E-state index is 0.203. The summed E-state index contributed by atoms with van der Waals surface area (Å²) in [6.45, 7) is 2.13. The van der Waals surface area contributed by atoms with Gasteiger partial charge < -0.3 is 10.1 Å². The lowest BCUT2D eigenvalue weighted by atomic mass is 10.2. The van der Waals surface area contributed by atoms with Crippen LogP contribution in [0.2, 0.25) is 5.02 Å². The van der Waals surface area contributed by atoms with Gasteiger partial charge in [-0.3, -0.25) is 4.79 Å². The Morgan fingerprint density at radius 2 is 2.04 bits per heavy atom. The second kappa shape index (κ2) is 7.63. The SMILES string of the molecule is Cc1ccc(NC(=O)c2csc(COc3ccc(F)cc3)n2)c(Cl)c1. The second-order valence-electron chi connectivity index (χ2n) is 5.31. The molecule has 1 N–H and O–H groups in total. The molecule has 3 aromatic rings. The highest BCUT2D eigenvalue weighted by molar-refractivity contribution is 7.09. The molecule has 0 aliphatic rings. The Hall–Kier alpha value is -2.44. The van der Waals surface area contributed by atoms with E-state index in [1.165, 1.54) is 35.6 Å². The molecule has 0 atom stereocenters. The molecule has 0 bridgehead atoms. The summed E-state index contributed by atoms with van der Waals surface area (Å²) in [5.41, 5.74) is 1.84. The summed E-state index contributed by atoms with van der Waals surface area (Å²) in [4.78, 5) is 16.5.